The number of ketones is 2. The molecule has 1 aliphatic heterocycles. The van der Waals surface area contributed by atoms with Crippen LogP contribution in [0.1, 0.15) is 49.7 Å². The number of hydrogen-bond acceptors (Lipinski definition) is 3. The van der Waals surface area contributed by atoms with Gasteiger partial charge in [0, 0.05) is 5.56 Å². The van der Waals surface area contributed by atoms with Gasteiger partial charge in [-0.1, -0.05) is 84.9 Å². The third-order valence-electron chi connectivity index (χ3n) is 7.19. The molecule has 4 nitrogen and oxygen atoms in total. The largest absolute Gasteiger partial charge is 0.293 e. The quantitative estimate of drug-likeness (QED) is 0.431. The summed E-state index contributed by atoms with van der Waals surface area (Å²) in [4.78, 5) is 28.7. The number of aryl methyl sites for hydroxylation is 2. The number of carbonyl (C=O) groups is 2. The van der Waals surface area contributed by atoms with E-state index in [-0.39, 0.29) is 11.6 Å². The zero-order valence-corrected chi connectivity index (χ0v) is 17.8. The van der Waals surface area contributed by atoms with Crippen LogP contribution < -0.4 is 0 Å². The monoisotopic (exact) mass is 418 g/mol. The topological polar surface area (TPSA) is 52.0 Å². The van der Waals surface area contributed by atoms with Gasteiger partial charge in [0.15, 0.2) is 11.6 Å². The van der Waals surface area contributed by atoms with Crippen LogP contribution in [-0.4, -0.2) is 21.3 Å². The van der Waals surface area contributed by atoms with Gasteiger partial charge < -0.3 is 0 Å². The molecule has 0 saturated heterocycles. The lowest BCUT2D eigenvalue weighted by molar-refractivity contribution is 0.0515. The number of aromatic nitrogens is 2. The fourth-order valence-corrected chi connectivity index (χ4v) is 5.93. The van der Waals surface area contributed by atoms with Crippen LogP contribution in [0.3, 0.4) is 0 Å². The summed E-state index contributed by atoms with van der Waals surface area (Å²) in [5.74, 6) is -0.245. The Balaban J connectivity index is 1.78. The summed E-state index contributed by atoms with van der Waals surface area (Å²) >= 11 is 0. The first-order chi connectivity index (χ1) is 15.6. The van der Waals surface area contributed by atoms with E-state index in [1.54, 1.807) is 0 Å². The van der Waals surface area contributed by atoms with E-state index < -0.39 is 11.0 Å². The lowest BCUT2D eigenvalue weighted by Gasteiger charge is -2.46. The zero-order chi connectivity index (χ0) is 21.9. The van der Waals surface area contributed by atoms with E-state index in [0.717, 1.165) is 22.4 Å². The predicted molar refractivity (Wildman–Crippen MR) is 122 cm³/mol. The zero-order valence-electron chi connectivity index (χ0n) is 17.8. The minimum absolute atomic E-state index is 0.111. The molecule has 0 N–H and O–H groups in total. The predicted octanol–water partition coefficient (Wildman–Crippen LogP) is 5.00. The maximum atomic E-state index is 14.4. The van der Waals surface area contributed by atoms with Gasteiger partial charge in [-0.2, -0.15) is 5.10 Å². The highest BCUT2D eigenvalue weighted by molar-refractivity contribution is 6.23. The molecule has 1 aromatic heterocycles. The Kier molecular flexibility index (Phi) is 3.91. The molecule has 0 fully saturated rings. The third kappa shape index (κ3) is 2.14. The molecule has 32 heavy (non-hydrogen) atoms. The molecule has 156 valence electrons. The first kappa shape index (κ1) is 18.9. The van der Waals surface area contributed by atoms with E-state index in [9.17, 15) is 9.59 Å². The fraction of sp³-hybridized carbons (Fsp3) is 0.179. The Hall–Kier alpha value is -3.79. The van der Waals surface area contributed by atoms with Crippen molar-refractivity contribution in [3.8, 4) is 0 Å². The van der Waals surface area contributed by atoms with E-state index in [2.05, 4.69) is 0 Å². The first-order valence-corrected chi connectivity index (χ1v) is 11.0. The summed E-state index contributed by atoms with van der Waals surface area (Å²) in [5, 5.41) is 4.83. The van der Waals surface area contributed by atoms with E-state index in [1.165, 1.54) is 0 Å². The van der Waals surface area contributed by atoms with Crippen molar-refractivity contribution in [3.63, 3.8) is 0 Å². The molecule has 1 spiro atoms. The summed E-state index contributed by atoms with van der Waals surface area (Å²) in [6.45, 7) is 1.89. The standard InChI is InChI=1S/C28H22N2O2/c1-19-18-24-26(32)27(17-16-20-10-8-9-15-23(20)25(27)31)28(30(24)29-19,21-11-4-2-5-12-21)22-13-6-3-7-14-22/h2-15,18H,16-17H2,1H3/t27-/m0/s1. The van der Waals surface area contributed by atoms with Crippen LogP contribution in [0.15, 0.2) is 91.0 Å². The molecule has 6 rings (SSSR count). The summed E-state index contributed by atoms with van der Waals surface area (Å²) in [6.07, 6.45) is 1.10. The van der Waals surface area contributed by atoms with Crippen molar-refractivity contribution < 1.29 is 9.59 Å². The van der Waals surface area contributed by atoms with Gasteiger partial charge in [0.05, 0.1) is 5.69 Å². The van der Waals surface area contributed by atoms with Gasteiger partial charge in [-0.05, 0) is 42.5 Å². The lowest BCUT2D eigenvalue weighted by Crippen LogP contribution is -2.57. The average molecular weight is 418 g/mol. The Labute approximate surface area is 186 Å². The number of rotatable bonds is 2. The molecule has 3 aromatic carbocycles. The minimum atomic E-state index is -1.29. The van der Waals surface area contributed by atoms with Crippen molar-refractivity contribution in [2.45, 2.75) is 25.3 Å². The fourth-order valence-electron chi connectivity index (χ4n) is 5.93. The van der Waals surface area contributed by atoms with Crippen molar-refractivity contribution in [2.75, 3.05) is 0 Å². The van der Waals surface area contributed by atoms with E-state index in [0.29, 0.717) is 24.1 Å². The van der Waals surface area contributed by atoms with Crippen molar-refractivity contribution >= 4 is 11.6 Å². The summed E-state index contributed by atoms with van der Waals surface area (Å²) < 4.78 is 1.83. The molecule has 1 aliphatic carbocycles. The van der Waals surface area contributed by atoms with Crippen LogP contribution in [0.5, 0.6) is 0 Å². The van der Waals surface area contributed by atoms with Crippen molar-refractivity contribution in [1.29, 1.82) is 0 Å². The van der Waals surface area contributed by atoms with Gasteiger partial charge in [0.2, 0.25) is 0 Å². The van der Waals surface area contributed by atoms with Gasteiger partial charge >= 0.3 is 0 Å². The molecular weight excluding hydrogens is 396 g/mol. The van der Waals surface area contributed by atoms with Gasteiger partial charge in [-0.3, -0.25) is 9.59 Å². The van der Waals surface area contributed by atoms with Crippen LogP contribution in [-0.2, 0) is 12.0 Å². The number of nitrogens with zero attached hydrogens (tertiary/aromatic N) is 2. The highest BCUT2D eigenvalue weighted by Gasteiger charge is 2.70. The van der Waals surface area contributed by atoms with Crippen LogP contribution in [0, 0.1) is 12.3 Å². The second kappa shape index (κ2) is 6.60. The van der Waals surface area contributed by atoms with Gasteiger partial charge in [0.25, 0.3) is 0 Å². The molecule has 4 aromatic rings. The van der Waals surface area contributed by atoms with E-state index in [4.69, 9.17) is 5.10 Å². The Morgan fingerprint density at radius 1 is 0.781 bits per heavy atom. The normalized spacial score (nSPS) is 20.9. The molecule has 1 atom stereocenters. The number of carbonyl (C=O) groups excluding carboxylic acids is 2. The van der Waals surface area contributed by atoms with Crippen molar-refractivity contribution in [3.05, 3.63) is 125 Å². The Morgan fingerprint density at radius 3 is 2.03 bits per heavy atom. The van der Waals surface area contributed by atoms with Gasteiger partial charge in [-0.25, -0.2) is 4.68 Å². The molecule has 0 bridgehead atoms. The van der Waals surface area contributed by atoms with Crippen molar-refractivity contribution in [1.82, 2.24) is 9.78 Å². The average Bonchev–Trinajstić information content (AvgIpc) is 3.31. The highest BCUT2D eigenvalue weighted by atomic mass is 16.2. The molecule has 0 radical (unpaired) electrons. The number of fused-ring (bicyclic) bond motifs is 2. The summed E-state index contributed by atoms with van der Waals surface area (Å²) in [7, 11) is 0. The lowest BCUT2D eigenvalue weighted by atomic mass is 9.55. The van der Waals surface area contributed by atoms with E-state index >= 15 is 0 Å². The van der Waals surface area contributed by atoms with Crippen LogP contribution in [0.25, 0.3) is 0 Å². The van der Waals surface area contributed by atoms with Crippen LogP contribution in [0.4, 0.5) is 0 Å². The number of hydrogen-bond donors (Lipinski definition) is 0. The second-order valence-corrected chi connectivity index (χ2v) is 8.75. The maximum absolute atomic E-state index is 14.4. The van der Waals surface area contributed by atoms with Crippen molar-refractivity contribution in [2.24, 2.45) is 5.41 Å². The maximum Gasteiger partial charge on any atom is 0.198 e. The molecule has 0 amide bonds. The third-order valence-corrected chi connectivity index (χ3v) is 7.19. The van der Waals surface area contributed by atoms with Crippen LogP contribution in [0.2, 0.25) is 0 Å². The van der Waals surface area contributed by atoms with Gasteiger partial charge in [-0.15, -0.1) is 0 Å². The highest BCUT2D eigenvalue weighted by Crippen LogP contribution is 2.59. The Morgan fingerprint density at radius 2 is 1.38 bits per heavy atom. The molecule has 2 heterocycles. The van der Waals surface area contributed by atoms with Crippen LogP contribution >= 0.6 is 0 Å². The Bertz CT molecular complexity index is 1330. The van der Waals surface area contributed by atoms with Gasteiger partial charge in [0.1, 0.15) is 16.6 Å². The SMILES string of the molecule is Cc1cc2n(n1)C(c1ccccc1)(c1ccccc1)[C@]1(CCc3ccccc3C1=O)C2=O. The smallest absolute Gasteiger partial charge is 0.198 e. The molecule has 0 unspecified atom stereocenters. The summed E-state index contributed by atoms with van der Waals surface area (Å²) in [6, 6.07) is 29.4. The molecular formula is C28H22N2O2. The summed E-state index contributed by atoms with van der Waals surface area (Å²) in [5.41, 5.74) is 2.37. The first-order valence-electron chi connectivity index (χ1n) is 11.0. The van der Waals surface area contributed by atoms with E-state index in [1.807, 2.05) is 103 Å². The molecule has 2 aliphatic rings. The second-order valence-electron chi connectivity index (χ2n) is 8.75. The molecule has 0 saturated carbocycles. The molecule has 4 heteroatoms. The number of benzene rings is 3. The number of Topliss-reactive ketones (excluding diaryl/α,β-unsaturated/α-hetero) is 2. The minimum Gasteiger partial charge on any atom is -0.293 e.